The van der Waals surface area contributed by atoms with Gasteiger partial charge in [-0.15, -0.1) is 0 Å². The summed E-state index contributed by atoms with van der Waals surface area (Å²) >= 11 is 2.22. The first-order valence-electron chi connectivity index (χ1n) is 4.03. The average Bonchev–Trinajstić information content (AvgIpc) is 2.04. The van der Waals surface area contributed by atoms with Gasteiger partial charge in [0, 0.05) is 9.13 Å². The van der Waals surface area contributed by atoms with E-state index < -0.39 is 0 Å². The van der Waals surface area contributed by atoms with Crippen LogP contribution in [0.25, 0.3) is 0 Å². The van der Waals surface area contributed by atoms with Gasteiger partial charge in [0.05, 0.1) is 6.54 Å². The predicted octanol–water partition coefficient (Wildman–Crippen LogP) is 2.04. The van der Waals surface area contributed by atoms with Crippen molar-refractivity contribution >= 4 is 28.4 Å². The summed E-state index contributed by atoms with van der Waals surface area (Å²) in [6.45, 7) is 0.473. The Kier molecular flexibility index (Phi) is 3.87. The van der Waals surface area contributed by atoms with Gasteiger partial charge in [0.2, 0.25) is 0 Å². The van der Waals surface area contributed by atoms with E-state index in [0.717, 1.165) is 9.13 Å². The number of Topliss-reactive ketones (excluding diaryl/α,β-unsaturated/α-hetero) is 1. The van der Waals surface area contributed by atoms with Gasteiger partial charge in [-0.3, -0.25) is 4.79 Å². The van der Waals surface area contributed by atoms with Crippen LogP contribution in [0.5, 0.6) is 0 Å². The van der Waals surface area contributed by atoms with Gasteiger partial charge >= 0.3 is 0 Å². The highest BCUT2D eigenvalue weighted by Gasteiger charge is 2.05. The molecule has 2 nitrogen and oxygen atoms in total. The number of benzene rings is 1. The summed E-state index contributed by atoms with van der Waals surface area (Å²) in [5.41, 5.74) is 0.786. The first-order chi connectivity index (χ1) is 6.09. The number of ketones is 1. The smallest absolute Gasteiger partial charge is 0.176 e. The Bertz CT molecular complexity index is 292. The van der Waals surface area contributed by atoms with E-state index in [0.29, 0.717) is 6.54 Å². The lowest BCUT2D eigenvalue weighted by atomic mass is 10.1. The summed E-state index contributed by atoms with van der Waals surface area (Å²) in [6.07, 6.45) is 0. The van der Waals surface area contributed by atoms with E-state index in [1.807, 2.05) is 43.3 Å². The molecular weight excluding hydrogens is 277 g/mol. The highest BCUT2D eigenvalue weighted by molar-refractivity contribution is 14.1. The van der Waals surface area contributed by atoms with Gasteiger partial charge in [-0.1, -0.05) is 12.1 Å². The number of likely N-dealkylation sites (N-methyl/N-ethyl adjacent to an activating group) is 1. The number of carbonyl (C=O) groups is 1. The molecule has 0 radical (unpaired) electrons. The van der Waals surface area contributed by atoms with E-state index in [1.54, 1.807) is 0 Å². The van der Waals surface area contributed by atoms with E-state index >= 15 is 0 Å². The van der Waals surface area contributed by atoms with Crippen LogP contribution >= 0.6 is 22.6 Å². The predicted molar refractivity (Wildman–Crippen MR) is 62.0 cm³/mol. The molecule has 0 aliphatic rings. The van der Waals surface area contributed by atoms with Crippen LogP contribution in [0.4, 0.5) is 0 Å². The van der Waals surface area contributed by atoms with Crippen LogP contribution in [-0.4, -0.2) is 31.3 Å². The van der Waals surface area contributed by atoms with Crippen LogP contribution < -0.4 is 0 Å². The van der Waals surface area contributed by atoms with Crippen molar-refractivity contribution in [1.82, 2.24) is 4.90 Å². The molecule has 0 unspecified atom stereocenters. The fourth-order valence-corrected chi connectivity index (χ4v) is 1.37. The third kappa shape index (κ3) is 3.44. The zero-order chi connectivity index (χ0) is 9.84. The maximum atomic E-state index is 11.5. The molecule has 0 saturated heterocycles. The van der Waals surface area contributed by atoms with Crippen molar-refractivity contribution in [3.05, 3.63) is 33.4 Å². The lowest BCUT2D eigenvalue weighted by molar-refractivity contribution is 0.0958. The van der Waals surface area contributed by atoms with Crippen LogP contribution in [0.3, 0.4) is 0 Å². The first-order valence-corrected chi connectivity index (χ1v) is 5.11. The zero-order valence-electron chi connectivity index (χ0n) is 7.75. The summed E-state index contributed by atoms with van der Waals surface area (Å²) in [6, 6.07) is 7.63. The summed E-state index contributed by atoms with van der Waals surface area (Å²) in [5, 5.41) is 0. The summed E-state index contributed by atoms with van der Waals surface area (Å²) in [4.78, 5) is 13.4. The lowest BCUT2D eigenvalue weighted by Crippen LogP contribution is -2.21. The van der Waals surface area contributed by atoms with Crippen molar-refractivity contribution < 1.29 is 4.79 Å². The molecule has 0 aliphatic carbocycles. The maximum Gasteiger partial charge on any atom is 0.176 e. The molecule has 70 valence electrons. The lowest BCUT2D eigenvalue weighted by Gasteiger charge is -2.07. The molecule has 1 rings (SSSR count). The monoisotopic (exact) mass is 289 g/mol. The minimum Gasteiger partial charge on any atom is -0.302 e. The Balaban J connectivity index is 2.72. The molecule has 3 heteroatoms. The van der Waals surface area contributed by atoms with Gasteiger partial charge in [-0.25, -0.2) is 0 Å². The molecule has 1 aromatic rings. The van der Waals surface area contributed by atoms with Gasteiger partial charge in [0.25, 0.3) is 0 Å². The van der Waals surface area contributed by atoms with Crippen molar-refractivity contribution in [3.63, 3.8) is 0 Å². The van der Waals surface area contributed by atoms with Crippen molar-refractivity contribution in [1.29, 1.82) is 0 Å². The SMILES string of the molecule is CN(C)CC(=O)c1ccc(I)cc1. The van der Waals surface area contributed by atoms with E-state index in [9.17, 15) is 4.79 Å². The molecule has 0 saturated carbocycles. The van der Waals surface area contributed by atoms with E-state index in [1.165, 1.54) is 0 Å². The van der Waals surface area contributed by atoms with Gasteiger partial charge in [-0.2, -0.15) is 0 Å². The van der Waals surface area contributed by atoms with Crippen molar-refractivity contribution in [2.75, 3.05) is 20.6 Å². The molecular formula is C10H12INO. The zero-order valence-corrected chi connectivity index (χ0v) is 9.91. The molecule has 0 spiro atoms. The van der Waals surface area contributed by atoms with Gasteiger partial charge in [0.15, 0.2) is 5.78 Å². The highest BCUT2D eigenvalue weighted by Crippen LogP contribution is 2.07. The van der Waals surface area contributed by atoms with Crippen molar-refractivity contribution in [2.24, 2.45) is 0 Å². The molecule has 0 atom stereocenters. The van der Waals surface area contributed by atoms with Gasteiger partial charge in [0.1, 0.15) is 0 Å². The standard InChI is InChI=1S/C10H12INO/c1-12(2)7-10(13)8-3-5-9(11)6-4-8/h3-6H,7H2,1-2H3. The number of hydrogen-bond donors (Lipinski definition) is 0. The van der Waals surface area contributed by atoms with Crippen LogP contribution in [-0.2, 0) is 0 Å². The van der Waals surface area contributed by atoms with Crippen LogP contribution in [0.15, 0.2) is 24.3 Å². The molecule has 0 bridgehead atoms. The topological polar surface area (TPSA) is 20.3 Å². The molecule has 1 aromatic carbocycles. The maximum absolute atomic E-state index is 11.5. The van der Waals surface area contributed by atoms with Crippen LogP contribution in [0.1, 0.15) is 10.4 Å². The third-order valence-electron chi connectivity index (χ3n) is 1.63. The molecule has 0 amide bonds. The highest BCUT2D eigenvalue weighted by atomic mass is 127. The first kappa shape index (κ1) is 10.7. The third-order valence-corrected chi connectivity index (χ3v) is 2.35. The van der Waals surface area contributed by atoms with Crippen molar-refractivity contribution in [3.8, 4) is 0 Å². The Morgan fingerprint density at radius 3 is 2.31 bits per heavy atom. The Labute approximate surface area is 92.1 Å². The number of halogens is 1. The number of carbonyl (C=O) groups excluding carboxylic acids is 1. The summed E-state index contributed by atoms with van der Waals surface area (Å²) < 4.78 is 1.15. The van der Waals surface area contributed by atoms with Crippen molar-refractivity contribution in [2.45, 2.75) is 0 Å². The molecule has 0 fully saturated rings. The van der Waals surface area contributed by atoms with Gasteiger partial charge < -0.3 is 4.90 Å². The molecule has 0 aromatic heterocycles. The second-order valence-corrected chi connectivity index (χ2v) is 4.41. The Morgan fingerprint density at radius 2 is 1.85 bits per heavy atom. The normalized spacial score (nSPS) is 10.5. The number of nitrogens with zero attached hydrogens (tertiary/aromatic N) is 1. The second kappa shape index (κ2) is 4.72. The second-order valence-electron chi connectivity index (χ2n) is 3.17. The number of hydrogen-bond acceptors (Lipinski definition) is 2. The summed E-state index contributed by atoms with van der Waals surface area (Å²) in [7, 11) is 3.79. The summed E-state index contributed by atoms with van der Waals surface area (Å²) in [5.74, 6) is 0.168. The van der Waals surface area contributed by atoms with Crippen LogP contribution in [0, 0.1) is 3.57 Å². The van der Waals surface area contributed by atoms with E-state index in [4.69, 9.17) is 0 Å². The quantitative estimate of drug-likeness (QED) is 0.627. The van der Waals surface area contributed by atoms with Gasteiger partial charge in [-0.05, 0) is 48.8 Å². The Hall–Kier alpha value is -0.420. The van der Waals surface area contributed by atoms with E-state index in [2.05, 4.69) is 22.6 Å². The van der Waals surface area contributed by atoms with Crippen LogP contribution in [0.2, 0.25) is 0 Å². The average molecular weight is 289 g/mol. The largest absolute Gasteiger partial charge is 0.302 e. The fraction of sp³-hybridized carbons (Fsp3) is 0.300. The fourth-order valence-electron chi connectivity index (χ4n) is 1.01. The molecule has 13 heavy (non-hydrogen) atoms. The number of rotatable bonds is 3. The molecule has 0 N–H and O–H groups in total. The molecule has 0 heterocycles. The molecule has 0 aliphatic heterocycles. The minimum absolute atomic E-state index is 0.168. The minimum atomic E-state index is 0.168. The van der Waals surface area contributed by atoms with E-state index in [-0.39, 0.29) is 5.78 Å². The Morgan fingerprint density at radius 1 is 1.31 bits per heavy atom.